The van der Waals surface area contributed by atoms with Crippen molar-refractivity contribution >= 4 is 57.2 Å². The highest BCUT2D eigenvalue weighted by Crippen LogP contribution is 2.45. The zero-order valence-corrected chi connectivity index (χ0v) is 26.8. The number of ether oxygens (including phenoxy) is 1. The second-order valence-corrected chi connectivity index (χ2v) is 15.3. The highest BCUT2D eigenvalue weighted by molar-refractivity contribution is 9.10. The van der Waals surface area contributed by atoms with Gasteiger partial charge in [0.2, 0.25) is 5.95 Å². The Morgan fingerprint density at radius 3 is 2.52 bits per heavy atom. The lowest BCUT2D eigenvalue weighted by Crippen LogP contribution is -2.43. The van der Waals surface area contributed by atoms with Crippen molar-refractivity contribution in [3.63, 3.8) is 0 Å². The van der Waals surface area contributed by atoms with Gasteiger partial charge in [0.15, 0.2) is 0 Å². The molecule has 0 radical (unpaired) electrons. The molecule has 0 bridgehead atoms. The van der Waals surface area contributed by atoms with E-state index in [9.17, 15) is 4.57 Å². The number of nitrogens with zero attached hydrogens (tertiary/aromatic N) is 5. The summed E-state index contributed by atoms with van der Waals surface area (Å²) in [5.74, 6) is 2.24. The molecule has 1 aliphatic heterocycles. The quantitative estimate of drug-likeness (QED) is 0.197. The van der Waals surface area contributed by atoms with Gasteiger partial charge in [0.1, 0.15) is 18.7 Å². The summed E-state index contributed by atoms with van der Waals surface area (Å²) >= 11 is 3.59. The van der Waals surface area contributed by atoms with E-state index in [4.69, 9.17) is 9.72 Å². The fourth-order valence-corrected chi connectivity index (χ4v) is 6.79. The zero-order chi connectivity index (χ0) is 29.4. The number of hydrogen-bond donors (Lipinski definition) is 3. The van der Waals surface area contributed by atoms with E-state index in [1.165, 1.54) is 18.4 Å². The number of rotatable bonds is 9. The van der Waals surface area contributed by atoms with Crippen molar-refractivity contribution < 1.29 is 9.30 Å². The average molecular weight is 652 g/mol. The van der Waals surface area contributed by atoms with E-state index in [-0.39, 0.29) is 0 Å². The Morgan fingerprint density at radius 2 is 1.86 bits per heavy atom. The number of aryl methyl sites for hydroxylation is 1. The van der Waals surface area contributed by atoms with Gasteiger partial charge < -0.3 is 30.2 Å². The summed E-state index contributed by atoms with van der Waals surface area (Å²) in [6.45, 7) is 7.27. The molecule has 2 aromatic heterocycles. The van der Waals surface area contributed by atoms with Gasteiger partial charge in [-0.3, -0.25) is 4.68 Å². The molecule has 42 heavy (non-hydrogen) atoms. The fraction of sp³-hybridized carbons (Fsp3) is 0.367. The van der Waals surface area contributed by atoms with Crippen LogP contribution in [0.1, 0.15) is 24.3 Å². The van der Waals surface area contributed by atoms with Crippen LogP contribution in [0.5, 0.6) is 5.75 Å². The van der Waals surface area contributed by atoms with Crippen molar-refractivity contribution in [3.05, 3.63) is 59.0 Å². The van der Waals surface area contributed by atoms with Crippen molar-refractivity contribution in [1.82, 2.24) is 25.1 Å². The molecule has 0 atom stereocenters. The van der Waals surface area contributed by atoms with E-state index in [0.717, 1.165) is 59.7 Å². The molecule has 2 aliphatic rings. The smallest absolute Gasteiger partial charge is 0.229 e. The number of methoxy groups -OCH3 is 1. The molecule has 4 aromatic rings. The SMILES string of the molecule is COc1cc(N2CCNCC2)c(-c2cnn(C)c2)cc1Nc1ncc(Br)c(Nc2ccc(C3CC3)cc2P(C)(C)=O)n1. The Hall–Kier alpha value is -3.40. The van der Waals surface area contributed by atoms with Crippen LogP contribution in [0.3, 0.4) is 0 Å². The summed E-state index contributed by atoms with van der Waals surface area (Å²) in [5, 5.41) is 15.5. The molecule has 2 aromatic carbocycles. The van der Waals surface area contributed by atoms with Gasteiger partial charge in [0.05, 0.1) is 29.2 Å². The number of piperazine rings is 1. The standard InChI is InChI=1S/C30H36BrN8O2P/c1-38-18-21(16-34-38)22-14-25(27(41-2)15-26(22)39-11-9-32-10-12-39)36-30-33-17-23(31)29(37-30)35-24-8-7-20(19-5-6-19)13-28(24)42(3,4)40/h7-8,13-19,32H,5-6,9-12H2,1-4H3,(H2,33,35,36,37). The summed E-state index contributed by atoms with van der Waals surface area (Å²) < 4.78 is 21.6. The van der Waals surface area contributed by atoms with Crippen molar-refractivity contribution in [2.45, 2.75) is 18.8 Å². The lowest BCUT2D eigenvalue weighted by molar-refractivity contribution is 0.416. The third-order valence-electron chi connectivity index (χ3n) is 7.69. The van der Waals surface area contributed by atoms with Gasteiger partial charge in [0, 0.05) is 73.8 Å². The summed E-state index contributed by atoms with van der Waals surface area (Å²) in [6.07, 6.45) is 7.98. The molecule has 220 valence electrons. The van der Waals surface area contributed by atoms with Crippen molar-refractivity contribution in [2.24, 2.45) is 7.05 Å². The zero-order valence-electron chi connectivity index (χ0n) is 24.3. The molecule has 0 spiro atoms. The van der Waals surface area contributed by atoms with Crippen LogP contribution in [0.4, 0.5) is 28.8 Å². The third kappa shape index (κ3) is 6.19. The summed E-state index contributed by atoms with van der Waals surface area (Å²) in [4.78, 5) is 11.7. The van der Waals surface area contributed by atoms with Crippen LogP contribution in [0.25, 0.3) is 11.1 Å². The molecule has 0 unspecified atom stereocenters. The highest BCUT2D eigenvalue weighted by atomic mass is 79.9. The van der Waals surface area contributed by atoms with Crippen LogP contribution in [-0.4, -0.2) is 66.4 Å². The Morgan fingerprint density at radius 1 is 1.07 bits per heavy atom. The van der Waals surface area contributed by atoms with Gasteiger partial charge in [-0.05, 0) is 71.8 Å². The van der Waals surface area contributed by atoms with E-state index in [1.807, 2.05) is 38.8 Å². The first-order valence-corrected chi connectivity index (χ1v) is 17.5. The van der Waals surface area contributed by atoms with E-state index >= 15 is 0 Å². The largest absolute Gasteiger partial charge is 0.494 e. The molecule has 3 N–H and O–H groups in total. The minimum absolute atomic E-state index is 0.401. The van der Waals surface area contributed by atoms with Crippen LogP contribution in [-0.2, 0) is 11.6 Å². The number of aromatic nitrogens is 4. The minimum Gasteiger partial charge on any atom is -0.494 e. The molecule has 1 saturated carbocycles. The molecule has 0 amide bonds. The molecule has 2 fully saturated rings. The molecular formula is C30H36BrN8O2P. The Labute approximate surface area is 254 Å². The number of anilines is 5. The predicted molar refractivity (Wildman–Crippen MR) is 174 cm³/mol. The monoisotopic (exact) mass is 650 g/mol. The van der Waals surface area contributed by atoms with Gasteiger partial charge in [-0.1, -0.05) is 6.07 Å². The van der Waals surface area contributed by atoms with E-state index < -0.39 is 7.14 Å². The van der Waals surface area contributed by atoms with Crippen LogP contribution in [0.15, 0.2) is 53.4 Å². The van der Waals surface area contributed by atoms with E-state index in [2.05, 4.69) is 71.1 Å². The fourth-order valence-electron chi connectivity index (χ4n) is 5.33. The average Bonchev–Trinajstić information content (AvgIpc) is 3.74. The molecule has 10 nitrogen and oxygen atoms in total. The predicted octanol–water partition coefficient (Wildman–Crippen LogP) is 5.67. The summed E-state index contributed by atoms with van der Waals surface area (Å²) in [5.41, 5.74) is 5.94. The lowest BCUT2D eigenvalue weighted by Gasteiger charge is -2.31. The molecule has 1 aliphatic carbocycles. The molecule has 3 heterocycles. The Kier molecular flexibility index (Phi) is 8.00. The lowest BCUT2D eigenvalue weighted by atomic mass is 10.0. The van der Waals surface area contributed by atoms with Gasteiger partial charge in [-0.15, -0.1) is 0 Å². The van der Waals surface area contributed by atoms with E-state index in [0.29, 0.717) is 27.9 Å². The van der Waals surface area contributed by atoms with Crippen LogP contribution < -0.4 is 30.9 Å². The summed E-state index contributed by atoms with van der Waals surface area (Å²) in [6, 6.07) is 10.4. The van der Waals surface area contributed by atoms with Crippen molar-refractivity contribution in [1.29, 1.82) is 0 Å². The van der Waals surface area contributed by atoms with Gasteiger partial charge in [-0.2, -0.15) is 10.1 Å². The normalized spacial score (nSPS) is 15.5. The third-order valence-corrected chi connectivity index (χ3v) is 9.80. The van der Waals surface area contributed by atoms with Crippen molar-refractivity contribution in [2.75, 3.05) is 62.2 Å². The molecule has 12 heteroatoms. The first kappa shape index (κ1) is 28.7. The maximum absolute atomic E-state index is 13.3. The Bertz CT molecular complexity index is 1660. The maximum atomic E-state index is 13.3. The van der Waals surface area contributed by atoms with Gasteiger partial charge in [0.25, 0.3) is 0 Å². The summed E-state index contributed by atoms with van der Waals surface area (Å²) in [7, 11) is 1.04. The highest BCUT2D eigenvalue weighted by Gasteiger charge is 2.27. The topological polar surface area (TPSA) is 109 Å². The van der Waals surface area contributed by atoms with Crippen LogP contribution in [0, 0.1) is 0 Å². The van der Waals surface area contributed by atoms with Gasteiger partial charge in [-0.25, -0.2) is 4.98 Å². The number of halogens is 1. The molecular weight excluding hydrogens is 615 g/mol. The second-order valence-electron chi connectivity index (χ2n) is 11.3. The minimum atomic E-state index is -2.54. The molecule has 1 saturated heterocycles. The van der Waals surface area contributed by atoms with Crippen LogP contribution >= 0.6 is 23.1 Å². The second kappa shape index (κ2) is 11.7. The molecule has 6 rings (SSSR count). The number of benzene rings is 2. The van der Waals surface area contributed by atoms with E-state index in [1.54, 1.807) is 18.0 Å². The maximum Gasteiger partial charge on any atom is 0.229 e. The van der Waals surface area contributed by atoms with Crippen molar-refractivity contribution in [3.8, 4) is 16.9 Å². The van der Waals surface area contributed by atoms with Crippen LogP contribution in [0.2, 0.25) is 0 Å². The first-order valence-electron chi connectivity index (χ1n) is 14.1. The first-order chi connectivity index (χ1) is 20.2. The Balaban J connectivity index is 1.34. The van der Waals surface area contributed by atoms with Gasteiger partial charge >= 0.3 is 0 Å². The number of hydrogen-bond acceptors (Lipinski definition) is 9. The number of nitrogens with one attached hydrogen (secondary N) is 3.